The first-order chi connectivity index (χ1) is 8.69. The van der Waals surface area contributed by atoms with Gasteiger partial charge < -0.3 is 14.3 Å². The average molecular weight is 291 g/mol. The Bertz CT molecular complexity index is 601. The van der Waals surface area contributed by atoms with Crippen molar-refractivity contribution in [2.75, 3.05) is 7.11 Å². The summed E-state index contributed by atoms with van der Waals surface area (Å²) in [5.41, 5.74) is 0. The van der Waals surface area contributed by atoms with Gasteiger partial charge in [-0.25, -0.2) is 13.2 Å². The molecule has 0 saturated carbocycles. The van der Waals surface area contributed by atoms with Gasteiger partial charge in [0.05, 0.1) is 7.11 Å². The Morgan fingerprint density at radius 1 is 1.47 bits per heavy atom. The Labute approximate surface area is 109 Å². The molecule has 0 aliphatic rings. The van der Waals surface area contributed by atoms with Crippen molar-refractivity contribution in [2.45, 2.75) is 24.8 Å². The lowest BCUT2D eigenvalue weighted by atomic mass is 10.4. The summed E-state index contributed by atoms with van der Waals surface area (Å²) in [4.78, 5) is 21.5. The smallest absolute Gasteiger partial charge is 0.371 e. The lowest BCUT2D eigenvalue weighted by Gasteiger charge is -2.11. The van der Waals surface area contributed by atoms with Crippen molar-refractivity contribution in [3.8, 4) is 0 Å². The van der Waals surface area contributed by atoms with Crippen molar-refractivity contribution in [1.29, 1.82) is 0 Å². The maximum Gasteiger partial charge on any atom is 0.371 e. The molecule has 0 saturated heterocycles. The molecule has 1 aromatic heterocycles. The summed E-state index contributed by atoms with van der Waals surface area (Å²) in [5, 5.41) is 8.71. The van der Waals surface area contributed by atoms with Crippen LogP contribution in [0.2, 0.25) is 0 Å². The molecular formula is C10H13NO7S. The highest BCUT2D eigenvalue weighted by Gasteiger charge is 2.27. The number of carbonyl (C=O) groups is 2. The molecule has 0 bridgehead atoms. The van der Waals surface area contributed by atoms with Crippen LogP contribution in [0.4, 0.5) is 0 Å². The van der Waals surface area contributed by atoms with E-state index in [1.807, 2.05) is 0 Å². The summed E-state index contributed by atoms with van der Waals surface area (Å²) < 4.78 is 35.1. The van der Waals surface area contributed by atoms with Crippen LogP contribution in [0.15, 0.2) is 15.4 Å². The minimum Gasteiger partial charge on any atom is -0.475 e. The van der Waals surface area contributed by atoms with Crippen LogP contribution < -0.4 is 4.72 Å². The van der Waals surface area contributed by atoms with Crippen molar-refractivity contribution in [3.63, 3.8) is 0 Å². The Kier molecular flexibility index (Phi) is 4.32. The summed E-state index contributed by atoms with van der Waals surface area (Å²) in [7, 11) is -2.94. The number of nitrogens with one attached hydrogen (secondary N) is 1. The van der Waals surface area contributed by atoms with Gasteiger partial charge in [-0.15, -0.1) is 0 Å². The van der Waals surface area contributed by atoms with Gasteiger partial charge in [-0.3, -0.25) is 4.79 Å². The largest absolute Gasteiger partial charge is 0.475 e. The molecule has 2 N–H and O–H groups in total. The number of ether oxygens (including phenoxy) is 1. The third-order valence-corrected chi connectivity index (χ3v) is 3.91. The van der Waals surface area contributed by atoms with E-state index in [0.29, 0.717) is 0 Å². The predicted octanol–water partition coefficient (Wildman–Crippen LogP) is 0.126. The molecule has 1 heterocycles. The molecule has 0 aliphatic carbocycles. The van der Waals surface area contributed by atoms with E-state index in [4.69, 9.17) is 9.52 Å². The predicted molar refractivity (Wildman–Crippen MR) is 62.2 cm³/mol. The summed E-state index contributed by atoms with van der Waals surface area (Å²) in [6, 6.07) is -0.220. The highest BCUT2D eigenvalue weighted by Crippen LogP contribution is 2.20. The zero-order chi connectivity index (χ0) is 14.8. The second-order valence-corrected chi connectivity index (χ2v) is 5.38. The van der Waals surface area contributed by atoms with E-state index in [2.05, 4.69) is 9.46 Å². The van der Waals surface area contributed by atoms with Crippen molar-refractivity contribution in [2.24, 2.45) is 0 Å². The fourth-order valence-corrected chi connectivity index (χ4v) is 2.73. The molecule has 0 fully saturated rings. The van der Waals surface area contributed by atoms with Gasteiger partial charge in [0.25, 0.3) is 0 Å². The van der Waals surface area contributed by atoms with E-state index in [9.17, 15) is 18.0 Å². The second-order valence-electron chi connectivity index (χ2n) is 3.70. The number of carboxylic acid groups (broad SMARTS) is 1. The Balaban J connectivity index is 3.07. The summed E-state index contributed by atoms with van der Waals surface area (Å²) in [6.45, 7) is 2.61. The number of rotatable bonds is 5. The van der Waals surface area contributed by atoms with E-state index >= 15 is 0 Å². The van der Waals surface area contributed by atoms with Crippen LogP contribution in [0.5, 0.6) is 0 Å². The molecule has 19 heavy (non-hydrogen) atoms. The number of furan rings is 1. The lowest BCUT2D eigenvalue weighted by molar-refractivity contribution is -0.142. The Morgan fingerprint density at radius 3 is 2.47 bits per heavy atom. The third-order valence-electron chi connectivity index (χ3n) is 2.26. The standard InChI is InChI=1S/C10H13NO7S/c1-5(10(14)17-3)11-19(15,16)8-4-7(9(12)13)18-6(8)2/h4-5,11H,1-3H3,(H,12,13). The van der Waals surface area contributed by atoms with Crippen LogP contribution in [0.25, 0.3) is 0 Å². The first-order valence-electron chi connectivity index (χ1n) is 5.13. The van der Waals surface area contributed by atoms with Crippen molar-refractivity contribution < 1.29 is 32.3 Å². The number of hydrogen-bond acceptors (Lipinski definition) is 6. The number of aryl methyl sites for hydroxylation is 1. The lowest BCUT2D eigenvalue weighted by Crippen LogP contribution is -2.39. The van der Waals surface area contributed by atoms with E-state index in [1.54, 1.807) is 0 Å². The quantitative estimate of drug-likeness (QED) is 0.739. The first kappa shape index (κ1) is 15.2. The van der Waals surface area contributed by atoms with E-state index in [-0.39, 0.29) is 10.7 Å². The van der Waals surface area contributed by atoms with Crippen molar-refractivity contribution >= 4 is 22.0 Å². The number of methoxy groups -OCH3 is 1. The average Bonchev–Trinajstić information content (AvgIpc) is 2.70. The minimum atomic E-state index is -4.07. The number of carboxylic acids is 1. The topological polar surface area (TPSA) is 123 Å². The van der Waals surface area contributed by atoms with Gasteiger partial charge >= 0.3 is 11.9 Å². The van der Waals surface area contributed by atoms with E-state index in [0.717, 1.165) is 13.2 Å². The van der Waals surface area contributed by atoms with Gasteiger partial charge in [-0.05, 0) is 13.8 Å². The molecule has 8 nitrogen and oxygen atoms in total. The van der Waals surface area contributed by atoms with Crippen LogP contribution in [0.3, 0.4) is 0 Å². The molecule has 0 amide bonds. The SMILES string of the molecule is COC(=O)C(C)NS(=O)(=O)c1cc(C(=O)O)oc1C. The maximum atomic E-state index is 11.9. The van der Waals surface area contributed by atoms with Crippen LogP contribution in [-0.2, 0) is 19.6 Å². The highest BCUT2D eigenvalue weighted by molar-refractivity contribution is 7.89. The van der Waals surface area contributed by atoms with Crippen molar-refractivity contribution in [1.82, 2.24) is 4.72 Å². The maximum absolute atomic E-state index is 11.9. The van der Waals surface area contributed by atoms with E-state index < -0.39 is 33.8 Å². The monoisotopic (exact) mass is 291 g/mol. The van der Waals surface area contributed by atoms with Gasteiger partial charge in [0, 0.05) is 6.07 Å². The molecular weight excluding hydrogens is 278 g/mol. The first-order valence-corrected chi connectivity index (χ1v) is 6.61. The van der Waals surface area contributed by atoms with Crippen LogP contribution >= 0.6 is 0 Å². The zero-order valence-electron chi connectivity index (χ0n) is 10.5. The molecule has 106 valence electrons. The minimum absolute atomic E-state index is 0.0815. The van der Waals surface area contributed by atoms with Gasteiger partial charge in [0.1, 0.15) is 16.7 Å². The molecule has 9 heteroatoms. The number of aromatic carboxylic acids is 1. The zero-order valence-corrected chi connectivity index (χ0v) is 11.3. The molecule has 0 radical (unpaired) electrons. The fraction of sp³-hybridized carbons (Fsp3) is 0.400. The van der Waals surface area contributed by atoms with Crippen LogP contribution in [0.1, 0.15) is 23.2 Å². The molecule has 1 rings (SSSR count). The van der Waals surface area contributed by atoms with Gasteiger partial charge in [-0.2, -0.15) is 4.72 Å². The second kappa shape index (κ2) is 5.41. The van der Waals surface area contributed by atoms with Crippen molar-refractivity contribution in [3.05, 3.63) is 17.6 Å². The molecule has 0 aromatic carbocycles. The number of sulfonamides is 1. The summed E-state index contributed by atoms with van der Waals surface area (Å²) in [6.07, 6.45) is 0. The fourth-order valence-electron chi connectivity index (χ4n) is 1.36. The highest BCUT2D eigenvalue weighted by atomic mass is 32.2. The van der Waals surface area contributed by atoms with Gasteiger partial charge in [0.15, 0.2) is 0 Å². The van der Waals surface area contributed by atoms with Crippen LogP contribution in [-0.4, -0.2) is 38.6 Å². The van der Waals surface area contributed by atoms with E-state index in [1.165, 1.54) is 13.8 Å². The third kappa shape index (κ3) is 3.32. The number of hydrogen-bond donors (Lipinski definition) is 2. The van der Waals surface area contributed by atoms with Crippen LogP contribution in [0, 0.1) is 6.92 Å². The molecule has 1 unspecified atom stereocenters. The Morgan fingerprint density at radius 2 is 2.05 bits per heavy atom. The Hall–Kier alpha value is -1.87. The summed E-state index contributed by atoms with van der Waals surface area (Å²) in [5.74, 6) is -2.72. The molecule has 1 atom stereocenters. The normalized spacial score (nSPS) is 13.0. The van der Waals surface area contributed by atoms with Gasteiger partial charge in [-0.1, -0.05) is 0 Å². The summed E-state index contributed by atoms with van der Waals surface area (Å²) >= 11 is 0. The molecule has 1 aromatic rings. The number of esters is 1. The molecule has 0 aliphatic heterocycles. The molecule has 0 spiro atoms. The van der Waals surface area contributed by atoms with Gasteiger partial charge in [0.2, 0.25) is 15.8 Å². The number of carbonyl (C=O) groups excluding carboxylic acids is 1.